The van der Waals surface area contributed by atoms with E-state index in [1.165, 1.54) is 11.3 Å². The van der Waals surface area contributed by atoms with Gasteiger partial charge in [0.2, 0.25) is 0 Å². The summed E-state index contributed by atoms with van der Waals surface area (Å²) in [4.78, 5) is 3.80. The molecule has 0 saturated heterocycles. The number of nitrogens with two attached hydrogens (primary N) is 1. The summed E-state index contributed by atoms with van der Waals surface area (Å²) >= 11 is 1.45. The van der Waals surface area contributed by atoms with E-state index in [1.54, 1.807) is 0 Å². The van der Waals surface area contributed by atoms with E-state index in [4.69, 9.17) is 5.73 Å². The first-order chi connectivity index (χ1) is 3.43. The zero-order chi connectivity index (χ0) is 5.11. The van der Waals surface area contributed by atoms with E-state index in [2.05, 4.69) is 10.5 Å². The third-order valence-electron chi connectivity index (χ3n) is 0.646. The summed E-state index contributed by atoms with van der Waals surface area (Å²) in [5, 5.41) is 1.89. The molecule has 0 spiro atoms. The summed E-state index contributed by atoms with van der Waals surface area (Å²) in [5.41, 5.74) is 8.83. The number of aromatic nitrogens is 1. The molecule has 7 heavy (non-hydrogen) atoms. The van der Waals surface area contributed by atoms with Gasteiger partial charge in [-0.2, -0.15) is 0 Å². The molecule has 0 fully saturated rings. The second-order valence-corrected chi connectivity index (χ2v) is 1.79. The first kappa shape index (κ1) is 4.74. The number of nitrogens with zero attached hydrogens (tertiary/aromatic N) is 1. The molecule has 0 saturated carbocycles. The third-order valence-corrected chi connectivity index (χ3v) is 1.23. The van der Waals surface area contributed by atoms with Crippen LogP contribution in [0.4, 0.5) is 0 Å². The molecule has 2 nitrogen and oxygen atoms in total. The summed E-state index contributed by atoms with van der Waals surface area (Å²) in [6, 6.07) is 0. The van der Waals surface area contributed by atoms with Crippen molar-refractivity contribution in [1.82, 2.24) is 4.98 Å². The normalized spacial score (nSPS) is 9.29. The molecule has 1 heterocycles. The Morgan fingerprint density at radius 3 is 3.14 bits per heavy atom. The summed E-state index contributed by atoms with van der Waals surface area (Å²) in [6.07, 6.45) is 0. The zero-order valence-corrected chi connectivity index (χ0v) is 4.53. The molecule has 2 N–H and O–H groups in total. The molecule has 0 unspecified atom stereocenters. The molecule has 0 aromatic carbocycles. The van der Waals surface area contributed by atoms with Crippen LogP contribution in [0.1, 0.15) is 5.69 Å². The Kier molecular flexibility index (Phi) is 1.38. The molecule has 0 bridgehead atoms. The van der Waals surface area contributed by atoms with Crippen LogP contribution in [-0.4, -0.2) is 4.98 Å². The molecule has 3 heteroatoms. The molecule has 37 valence electrons. The van der Waals surface area contributed by atoms with Gasteiger partial charge in [0, 0.05) is 11.9 Å². The van der Waals surface area contributed by atoms with Crippen LogP contribution >= 0.6 is 11.3 Å². The number of thiazole rings is 1. The van der Waals surface area contributed by atoms with Crippen molar-refractivity contribution in [1.29, 1.82) is 0 Å². The van der Waals surface area contributed by atoms with Crippen molar-refractivity contribution in [3.8, 4) is 0 Å². The van der Waals surface area contributed by atoms with Gasteiger partial charge in [-0.15, -0.1) is 11.3 Å². The van der Waals surface area contributed by atoms with Crippen molar-refractivity contribution >= 4 is 11.3 Å². The standard InChI is InChI=1S/C4H5N2S/c5-1-4-2-7-3-6-4/h2H,1,5H2. The Balaban J connectivity index is 2.76. The topological polar surface area (TPSA) is 38.9 Å². The van der Waals surface area contributed by atoms with Gasteiger partial charge in [0.05, 0.1) is 5.69 Å². The molecule has 1 aromatic heterocycles. The highest BCUT2D eigenvalue weighted by atomic mass is 32.1. The van der Waals surface area contributed by atoms with Crippen LogP contribution in [0.3, 0.4) is 0 Å². The first-order valence-electron chi connectivity index (χ1n) is 1.94. The molecule has 0 atom stereocenters. The fourth-order valence-electron chi connectivity index (χ4n) is 0.299. The highest BCUT2D eigenvalue weighted by molar-refractivity contribution is 7.07. The second-order valence-electron chi connectivity index (χ2n) is 1.13. The van der Waals surface area contributed by atoms with Gasteiger partial charge in [-0.3, -0.25) is 0 Å². The van der Waals surface area contributed by atoms with Crippen LogP contribution in [0, 0.1) is 5.51 Å². The van der Waals surface area contributed by atoms with E-state index in [-0.39, 0.29) is 0 Å². The van der Waals surface area contributed by atoms with Gasteiger partial charge < -0.3 is 5.73 Å². The maximum absolute atomic E-state index is 5.22. The van der Waals surface area contributed by atoms with E-state index < -0.39 is 0 Å². The van der Waals surface area contributed by atoms with E-state index in [0.29, 0.717) is 6.54 Å². The minimum atomic E-state index is 0.528. The van der Waals surface area contributed by atoms with E-state index in [1.807, 2.05) is 5.38 Å². The maximum Gasteiger partial charge on any atom is 0.152 e. The summed E-state index contributed by atoms with van der Waals surface area (Å²) in [6.45, 7) is 0.528. The van der Waals surface area contributed by atoms with Crippen molar-refractivity contribution < 1.29 is 0 Å². The van der Waals surface area contributed by atoms with Crippen LogP contribution in [0.5, 0.6) is 0 Å². The average Bonchev–Trinajstić information content (AvgIpc) is 2.14. The largest absolute Gasteiger partial charge is 0.325 e. The monoisotopic (exact) mass is 113 g/mol. The average molecular weight is 113 g/mol. The minimum absolute atomic E-state index is 0.528. The Labute approximate surface area is 46.0 Å². The van der Waals surface area contributed by atoms with Crippen LogP contribution in [0.2, 0.25) is 0 Å². The number of hydrogen-bond donors (Lipinski definition) is 1. The number of hydrogen-bond acceptors (Lipinski definition) is 3. The van der Waals surface area contributed by atoms with Gasteiger partial charge >= 0.3 is 0 Å². The molecular weight excluding hydrogens is 108 g/mol. The predicted molar refractivity (Wildman–Crippen MR) is 28.8 cm³/mol. The highest BCUT2D eigenvalue weighted by Crippen LogP contribution is 1.96. The van der Waals surface area contributed by atoms with Crippen molar-refractivity contribution in [2.45, 2.75) is 6.54 Å². The minimum Gasteiger partial charge on any atom is -0.325 e. The highest BCUT2D eigenvalue weighted by Gasteiger charge is 1.85. The van der Waals surface area contributed by atoms with Crippen LogP contribution in [0.25, 0.3) is 0 Å². The predicted octanol–water partition coefficient (Wildman–Crippen LogP) is 0.402. The van der Waals surface area contributed by atoms with Gasteiger partial charge in [-0.1, -0.05) is 0 Å². The summed E-state index contributed by atoms with van der Waals surface area (Å²) in [7, 11) is 0. The van der Waals surface area contributed by atoms with Crippen LogP contribution in [-0.2, 0) is 6.54 Å². The molecule has 0 aliphatic heterocycles. The van der Waals surface area contributed by atoms with Crippen LogP contribution in [0.15, 0.2) is 5.38 Å². The van der Waals surface area contributed by atoms with Gasteiger partial charge in [-0.25, -0.2) is 4.98 Å². The van der Waals surface area contributed by atoms with Gasteiger partial charge in [0.25, 0.3) is 0 Å². The van der Waals surface area contributed by atoms with Gasteiger partial charge in [0.15, 0.2) is 5.51 Å². The number of rotatable bonds is 1. The summed E-state index contributed by atoms with van der Waals surface area (Å²) < 4.78 is 0. The molecule has 1 aromatic rings. The summed E-state index contributed by atoms with van der Waals surface area (Å²) in [5.74, 6) is 0. The van der Waals surface area contributed by atoms with Crippen LogP contribution < -0.4 is 5.73 Å². The molecule has 0 aliphatic carbocycles. The van der Waals surface area contributed by atoms with E-state index in [9.17, 15) is 0 Å². The van der Waals surface area contributed by atoms with Gasteiger partial charge in [0.1, 0.15) is 0 Å². The SMILES string of the molecule is NCc1cs[c]n1. The molecule has 0 amide bonds. The second kappa shape index (κ2) is 2.04. The van der Waals surface area contributed by atoms with E-state index in [0.717, 1.165) is 5.69 Å². The Hall–Kier alpha value is -0.410. The third kappa shape index (κ3) is 0.976. The quantitative estimate of drug-likeness (QED) is 0.572. The zero-order valence-electron chi connectivity index (χ0n) is 3.72. The lowest BCUT2D eigenvalue weighted by Crippen LogP contribution is -1.94. The Bertz CT molecular complexity index is 124. The fraction of sp³-hybridized carbons (Fsp3) is 0.250. The van der Waals surface area contributed by atoms with Crippen molar-refractivity contribution in [3.05, 3.63) is 16.6 Å². The van der Waals surface area contributed by atoms with Crippen molar-refractivity contribution in [3.63, 3.8) is 0 Å². The fourth-order valence-corrected chi connectivity index (χ4v) is 0.807. The molecular formula is C4H5N2S. The lowest BCUT2D eigenvalue weighted by molar-refractivity contribution is 1.01. The molecule has 1 radical (unpaired) electrons. The Morgan fingerprint density at radius 2 is 2.86 bits per heavy atom. The lowest BCUT2D eigenvalue weighted by atomic mass is 10.5. The van der Waals surface area contributed by atoms with Crippen molar-refractivity contribution in [2.24, 2.45) is 5.73 Å². The van der Waals surface area contributed by atoms with Crippen molar-refractivity contribution in [2.75, 3.05) is 0 Å². The van der Waals surface area contributed by atoms with E-state index >= 15 is 0 Å². The molecule has 0 aliphatic rings. The smallest absolute Gasteiger partial charge is 0.152 e. The first-order valence-corrected chi connectivity index (χ1v) is 2.82. The lowest BCUT2D eigenvalue weighted by Gasteiger charge is -1.78. The Morgan fingerprint density at radius 1 is 2.00 bits per heavy atom. The molecule has 1 rings (SSSR count). The maximum atomic E-state index is 5.22. The van der Waals surface area contributed by atoms with Gasteiger partial charge in [-0.05, 0) is 0 Å².